The Balaban J connectivity index is 1.75. The van der Waals surface area contributed by atoms with Crippen LogP contribution in [-0.4, -0.2) is 55.0 Å². The summed E-state index contributed by atoms with van der Waals surface area (Å²) in [6, 6.07) is 19.4. The Kier molecular flexibility index (Phi) is 9.40. The SMILES string of the molecule is C=CCO[C@H]1[C@H](OCc2ccccc2)[C@@H](COCc2ccccc2)OC(O)[C@@H]1OC(C)=O. The highest BCUT2D eigenvalue weighted by atomic mass is 16.7. The van der Waals surface area contributed by atoms with Gasteiger partial charge in [0.05, 0.1) is 26.4 Å². The van der Waals surface area contributed by atoms with Crippen LogP contribution >= 0.6 is 0 Å². The van der Waals surface area contributed by atoms with Crippen LogP contribution in [0.15, 0.2) is 73.3 Å². The lowest BCUT2D eigenvalue weighted by atomic mass is 9.98. The molecule has 1 N–H and O–H groups in total. The van der Waals surface area contributed by atoms with Crippen molar-refractivity contribution < 1.29 is 33.6 Å². The Bertz CT molecular complexity index is 827. The van der Waals surface area contributed by atoms with Crippen molar-refractivity contribution in [3.05, 3.63) is 84.4 Å². The first kappa shape index (κ1) is 24.1. The Labute approximate surface area is 188 Å². The number of hydrogen-bond acceptors (Lipinski definition) is 7. The van der Waals surface area contributed by atoms with E-state index >= 15 is 0 Å². The number of carbonyl (C=O) groups excluding carboxylic acids is 1. The summed E-state index contributed by atoms with van der Waals surface area (Å²) in [4.78, 5) is 11.6. The summed E-state index contributed by atoms with van der Waals surface area (Å²) in [5.41, 5.74) is 1.98. The van der Waals surface area contributed by atoms with Crippen LogP contribution in [0.25, 0.3) is 0 Å². The average molecular weight is 443 g/mol. The third-order valence-electron chi connectivity index (χ3n) is 5.00. The van der Waals surface area contributed by atoms with Crippen molar-refractivity contribution >= 4 is 5.97 Å². The number of benzene rings is 2. The van der Waals surface area contributed by atoms with Gasteiger partial charge in [0.1, 0.15) is 18.3 Å². The standard InChI is InChI=1S/C25H30O7/c1-3-14-29-23-22(30-16-20-12-8-5-9-13-20)21(32-25(27)24(23)31-18(2)26)17-28-15-19-10-6-4-7-11-19/h3-13,21-25,27H,1,14-17H2,2H3/t21-,22-,23+,24-,25?/m1/s1. The molecule has 2 aromatic carbocycles. The molecule has 5 atom stereocenters. The van der Waals surface area contributed by atoms with Gasteiger partial charge in [0.2, 0.25) is 0 Å². The Morgan fingerprint density at radius 3 is 2.19 bits per heavy atom. The Morgan fingerprint density at radius 2 is 1.59 bits per heavy atom. The highest BCUT2D eigenvalue weighted by Gasteiger charge is 2.49. The predicted molar refractivity (Wildman–Crippen MR) is 117 cm³/mol. The van der Waals surface area contributed by atoms with Gasteiger partial charge in [-0.3, -0.25) is 4.79 Å². The molecular weight excluding hydrogens is 412 g/mol. The van der Waals surface area contributed by atoms with E-state index in [1.54, 1.807) is 6.08 Å². The van der Waals surface area contributed by atoms with Gasteiger partial charge >= 0.3 is 5.97 Å². The van der Waals surface area contributed by atoms with Crippen molar-refractivity contribution in [3.8, 4) is 0 Å². The van der Waals surface area contributed by atoms with E-state index in [0.29, 0.717) is 13.2 Å². The summed E-state index contributed by atoms with van der Waals surface area (Å²) in [7, 11) is 0. The van der Waals surface area contributed by atoms with Gasteiger partial charge in [-0.15, -0.1) is 6.58 Å². The maximum absolute atomic E-state index is 11.6. The van der Waals surface area contributed by atoms with E-state index in [9.17, 15) is 9.90 Å². The number of rotatable bonds is 11. The van der Waals surface area contributed by atoms with Crippen molar-refractivity contribution in [1.29, 1.82) is 0 Å². The van der Waals surface area contributed by atoms with Gasteiger partial charge in [-0.1, -0.05) is 66.7 Å². The molecule has 1 heterocycles. The largest absolute Gasteiger partial charge is 0.454 e. The summed E-state index contributed by atoms with van der Waals surface area (Å²) in [5, 5.41) is 10.6. The minimum Gasteiger partial charge on any atom is -0.454 e. The minimum atomic E-state index is -1.38. The number of ether oxygens (including phenoxy) is 5. The first-order valence-electron chi connectivity index (χ1n) is 10.6. The monoisotopic (exact) mass is 442 g/mol. The molecule has 7 nitrogen and oxygen atoms in total. The van der Waals surface area contributed by atoms with Gasteiger partial charge < -0.3 is 28.8 Å². The first-order chi connectivity index (χ1) is 15.6. The molecule has 1 aliphatic heterocycles. The third kappa shape index (κ3) is 6.98. The molecule has 0 bridgehead atoms. The summed E-state index contributed by atoms with van der Waals surface area (Å²) < 4.78 is 29.0. The Hall–Kier alpha value is -2.55. The maximum atomic E-state index is 11.6. The van der Waals surface area contributed by atoms with Crippen molar-refractivity contribution in [2.24, 2.45) is 0 Å². The lowest BCUT2D eigenvalue weighted by Gasteiger charge is -2.43. The van der Waals surface area contributed by atoms with E-state index < -0.39 is 36.7 Å². The van der Waals surface area contributed by atoms with Crippen LogP contribution in [0.4, 0.5) is 0 Å². The summed E-state index contributed by atoms with van der Waals surface area (Å²) in [6.07, 6.45) is -2.90. The van der Waals surface area contributed by atoms with Crippen LogP contribution < -0.4 is 0 Å². The smallest absolute Gasteiger partial charge is 0.303 e. The second-order valence-corrected chi connectivity index (χ2v) is 7.49. The van der Waals surface area contributed by atoms with Gasteiger partial charge in [0.15, 0.2) is 12.4 Å². The molecule has 0 spiro atoms. The number of esters is 1. The van der Waals surface area contributed by atoms with Crippen molar-refractivity contribution in [3.63, 3.8) is 0 Å². The zero-order valence-corrected chi connectivity index (χ0v) is 18.2. The van der Waals surface area contributed by atoms with Gasteiger partial charge in [0, 0.05) is 6.92 Å². The number of aliphatic hydroxyl groups excluding tert-OH is 1. The highest BCUT2D eigenvalue weighted by molar-refractivity contribution is 5.66. The van der Waals surface area contributed by atoms with E-state index in [0.717, 1.165) is 11.1 Å². The molecule has 0 aliphatic carbocycles. The second-order valence-electron chi connectivity index (χ2n) is 7.49. The van der Waals surface area contributed by atoms with Gasteiger partial charge in [0.25, 0.3) is 0 Å². The molecule has 172 valence electrons. The topological polar surface area (TPSA) is 83.5 Å². The van der Waals surface area contributed by atoms with Crippen LogP contribution in [-0.2, 0) is 41.7 Å². The quantitative estimate of drug-likeness (QED) is 0.423. The molecule has 32 heavy (non-hydrogen) atoms. The normalized spacial score (nSPS) is 25.2. The molecule has 7 heteroatoms. The van der Waals surface area contributed by atoms with Crippen molar-refractivity contribution in [2.75, 3.05) is 13.2 Å². The average Bonchev–Trinajstić information content (AvgIpc) is 2.80. The summed E-state index contributed by atoms with van der Waals surface area (Å²) >= 11 is 0. The molecule has 0 amide bonds. The van der Waals surface area contributed by atoms with E-state index in [4.69, 9.17) is 23.7 Å². The zero-order chi connectivity index (χ0) is 22.8. The van der Waals surface area contributed by atoms with Crippen LogP contribution in [0.5, 0.6) is 0 Å². The number of hydrogen-bond donors (Lipinski definition) is 1. The van der Waals surface area contributed by atoms with Crippen LogP contribution in [0.3, 0.4) is 0 Å². The molecule has 2 aromatic rings. The zero-order valence-electron chi connectivity index (χ0n) is 18.2. The fourth-order valence-electron chi connectivity index (χ4n) is 3.55. The van der Waals surface area contributed by atoms with Crippen LogP contribution in [0, 0.1) is 0 Å². The molecular formula is C25H30O7. The molecule has 0 saturated carbocycles. The maximum Gasteiger partial charge on any atom is 0.303 e. The molecule has 1 fully saturated rings. The summed E-state index contributed by atoms with van der Waals surface area (Å²) in [6.45, 7) is 5.98. The van der Waals surface area contributed by atoms with E-state index in [2.05, 4.69) is 6.58 Å². The van der Waals surface area contributed by atoms with Crippen LogP contribution in [0.1, 0.15) is 18.1 Å². The lowest BCUT2D eigenvalue weighted by Crippen LogP contribution is -2.61. The second kappa shape index (κ2) is 12.5. The fraction of sp³-hybridized carbons (Fsp3) is 0.400. The number of aliphatic hydroxyl groups is 1. The number of carbonyl (C=O) groups is 1. The molecule has 1 aliphatic rings. The minimum absolute atomic E-state index is 0.159. The van der Waals surface area contributed by atoms with E-state index in [1.165, 1.54) is 6.92 Å². The molecule has 3 rings (SSSR count). The van der Waals surface area contributed by atoms with Gasteiger partial charge in [-0.2, -0.15) is 0 Å². The molecule has 1 saturated heterocycles. The Morgan fingerprint density at radius 1 is 0.969 bits per heavy atom. The van der Waals surface area contributed by atoms with Gasteiger partial charge in [-0.05, 0) is 11.1 Å². The van der Waals surface area contributed by atoms with Crippen molar-refractivity contribution in [1.82, 2.24) is 0 Å². The molecule has 0 aromatic heterocycles. The molecule has 1 unspecified atom stereocenters. The van der Waals surface area contributed by atoms with Crippen LogP contribution in [0.2, 0.25) is 0 Å². The highest BCUT2D eigenvalue weighted by Crippen LogP contribution is 2.28. The summed E-state index contributed by atoms with van der Waals surface area (Å²) in [5.74, 6) is -0.551. The first-order valence-corrected chi connectivity index (χ1v) is 10.6. The third-order valence-corrected chi connectivity index (χ3v) is 5.00. The lowest BCUT2D eigenvalue weighted by molar-refractivity contribution is -0.306. The predicted octanol–water partition coefficient (Wildman–Crippen LogP) is 3.01. The van der Waals surface area contributed by atoms with E-state index in [-0.39, 0.29) is 13.2 Å². The fourth-order valence-corrected chi connectivity index (χ4v) is 3.55. The van der Waals surface area contributed by atoms with E-state index in [1.807, 2.05) is 60.7 Å². The van der Waals surface area contributed by atoms with Crippen molar-refractivity contribution in [2.45, 2.75) is 50.8 Å². The molecule has 0 radical (unpaired) electrons. The van der Waals surface area contributed by atoms with Gasteiger partial charge in [-0.25, -0.2) is 0 Å².